The van der Waals surface area contributed by atoms with Gasteiger partial charge in [-0.25, -0.2) is 0 Å². The highest BCUT2D eigenvalue weighted by molar-refractivity contribution is 6.21. The molecule has 21 heavy (non-hydrogen) atoms. The largest absolute Gasteiger partial charge is 0.299 e. The van der Waals surface area contributed by atoms with Gasteiger partial charge in [-0.3, -0.25) is 9.59 Å². The Bertz CT molecular complexity index is 748. The zero-order valence-electron chi connectivity index (χ0n) is 12.6. The van der Waals surface area contributed by atoms with Crippen LogP contribution < -0.4 is 0 Å². The Morgan fingerprint density at radius 2 is 1.52 bits per heavy atom. The fraction of sp³-hybridized carbons (Fsp3) is 0.263. The number of rotatable bonds is 2. The highest BCUT2D eigenvalue weighted by atomic mass is 16.1. The second-order valence-corrected chi connectivity index (χ2v) is 6.60. The van der Waals surface area contributed by atoms with E-state index >= 15 is 0 Å². The standard InChI is InChI=1S/C19H18O2/c1-19(2,3)17(20)11-12-8-9-14-13-6-4-5-7-15(13)18(21)16(14)10-12/h4-10H,11H2,1-3H3. The average molecular weight is 278 g/mol. The van der Waals surface area contributed by atoms with E-state index in [-0.39, 0.29) is 17.0 Å². The lowest BCUT2D eigenvalue weighted by Crippen LogP contribution is -2.22. The van der Waals surface area contributed by atoms with Crippen LogP contribution in [0.5, 0.6) is 0 Å². The minimum atomic E-state index is -0.355. The van der Waals surface area contributed by atoms with Gasteiger partial charge in [0, 0.05) is 23.0 Å². The summed E-state index contributed by atoms with van der Waals surface area (Å²) in [4.78, 5) is 24.6. The number of hydrogen-bond acceptors (Lipinski definition) is 2. The van der Waals surface area contributed by atoms with Crippen molar-refractivity contribution in [3.8, 4) is 11.1 Å². The molecular weight excluding hydrogens is 260 g/mol. The average Bonchev–Trinajstić information content (AvgIpc) is 2.72. The van der Waals surface area contributed by atoms with Gasteiger partial charge in [0.05, 0.1) is 0 Å². The van der Waals surface area contributed by atoms with Crippen molar-refractivity contribution < 1.29 is 9.59 Å². The minimum Gasteiger partial charge on any atom is -0.299 e. The first-order chi connectivity index (χ1) is 9.88. The van der Waals surface area contributed by atoms with E-state index < -0.39 is 0 Å². The fourth-order valence-corrected chi connectivity index (χ4v) is 2.64. The van der Waals surface area contributed by atoms with Gasteiger partial charge in [0.15, 0.2) is 5.78 Å². The van der Waals surface area contributed by atoms with Crippen LogP contribution in [0.1, 0.15) is 42.3 Å². The van der Waals surface area contributed by atoms with Gasteiger partial charge < -0.3 is 0 Å². The molecule has 3 rings (SSSR count). The highest BCUT2D eigenvalue weighted by Gasteiger charge is 2.27. The molecular formula is C19H18O2. The third-order valence-electron chi connectivity index (χ3n) is 3.99. The molecule has 0 radical (unpaired) electrons. The Hall–Kier alpha value is -2.22. The Kier molecular flexibility index (Phi) is 3.05. The zero-order chi connectivity index (χ0) is 15.2. The van der Waals surface area contributed by atoms with Crippen LogP contribution in [-0.2, 0) is 11.2 Å². The maximum atomic E-state index is 12.4. The second-order valence-electron chi connectivity index (χ2n) is 6.60. The number of hydrogen-bond donors (Lipinski definition) is 0. The smallest absolute Gasteiger partial charge is 0.194 e. The summed E-state index contributed by atoms with van der Waals surface area (Å²) in [5.74, 6) is 0.246. The molecule has 0 unspecified atom stereocenters. The van der Waals surface area contributed by atoms with Crippen LogP contribution in [0.15, 0.2) is 42.5 Å². The molecule has 0 aromatic heterocycles. The van der Waals surface area contributed by atoms with Gasteiger partial charge in [0.1, 0.15) is 5.78 Å². The quantitative estimate of drug-likeness (QED) is 0.708. The van der Waals surface area contributed by atoms with E-state index in [0.717, 1.165) is 27.8 Å². The molecule has 2 nitrogen and oxygen atoms in total. The zero-order valence-corrected chi connectivity index (χ0v) is 12.6. The Morgan fingerprint density at radius 1 is 0.905 bits per heavy atom. The lowest BCUT2D eigenvalue weighted by Gasteiger charge is -2.16. The van der Waals surface area contributed by atoms with E-state index in [0.29, 0.717) is 6.42 Å². The molecule has 0 heterocycles. The van der Waals surface area contributed by atoms with Crippen LogP contribution in [0, 0.1) is 5.41 Å². The molecule has 0 spiro atoms. The van der Waals surface area contributed by atoms with Crippen LogP contribution in [0.3, 0.4) is 0 Å². The summed E-state index contributed by atoms with van der Waals surface area (Å²) in [6.45, 7) is 5.76. The molecule has 1 aliphatic carbocycles. The van der Waals surface area contributed by atoms with E-state index in [4.69, 9.17) is 0 Å². The molecule has 2 aromatic rings. The van der Waals surface area contributed by atoms with Crippen molar-refractivity contribution in [2.75, 3.05) is 0 Å². The Labute approximate surface area is 124 Å². The summed E-state index contributed by atoms with van der Waals surface area (Å²) in [6.07, 6.45) is 0.375. The van der Waals surface area contributed by atoms with Crippen molar-refractivity contribution >= 4 is 11.6 Å². The molecule has 106 valence electrons. The van der Waals surface area contributed by atoms with Crippen LogP contribution in [0.4, 0.5) is 0 Å². The van der Waals surface area contributed by atoms with Crippen molar-refractivity contribution in [2.45, 2.75) is 27.2 Å². The van der Waals surface area contributed by atoms with Gasteiger partial charge in [-0.1, -0.05) is 57.2 Å². The fourth-order valence-electron chi connectivity index (χ4n) is 2.64. The van der Waals surface area contributed by atoms with E-state index in [1.807, 2.05) is 63.2 Å². The topological polar surface area (TPSA) is 34.1 Å². The summed E-state index contributed by atoms with van der Waals surface area (Å²) in [7, 11) is 0. The molecule has 0 fully saturated rings. The van der Waals surface area contributed by atoms with Crippen LogP contribution in [0.2, 0.25) is 0 Å². The highest BCUT2D eigenvalue weighted by Crippen LogP contribution is 2.36. The third-order valence-corrected chi connectivity index (χ3v) is 3.99. The Morgan fingerprint density at radius 3 is 2.19 bits per heavy atom. The summed E-state index contributed by atoms with van der Waals surface area (Å²) in [5, 5.41) is 0. The van der Waals surface area contributed by atoms with E-state index in [1.54, 1.807) is 0 Å². The van der Waals surface area contributed by atoms with Crippen molar-refractivity contribution in [3.05, 3.63) is 59.2 Å². The molecule has 0 saturated carbocycles. The second kappa shape index (κ2) is 4.66. The van der Waals surface area contributed by atoms with Gasteiger partial charge in [0.2, 0.25) is 0 Å². The predicted molar refractivity (Wildman–Crippen MR) is 83.5 cm³/mol. The Balaban J connectivity index is 1.98. The summed E-state index contributed by atoms with van der Waals surface area (Å²) in [5.41, 5.74) is 4.00. The van der Waals surface area contributed by atoms with Crippen LogP contribution >= 0.6 is 0 Å². The maximum absolute atomic E-state index is 12.4. The number of benzene rings is 2. The molecule has 0 atom stereocenters. The lowest BCUT2D eigenvalue weighted by atomic mass is 9.86. The third kappa shape index (κ3) is 2.31. The van der Waals surface area contributed by atoms with E-state index in [1.165, 1.54) is 0 Å². The maximum Gasteiger partial charge on any atom is 0.194 e. The van der Waals surface area contributed by atoms with Gasteiger partial charge in [0.25, 0.3) is 0 Å². The minimum absolute atomic E-state index is 0.0608. The van der Waals surface area contributed by atoms with Gasteiger partial charge >= 0.3 is 0 Å². The molecule has 2 heteroatoms. The number of carbonyl (C=O) groups excluding carboxylic acids is 2. The first-order valence-electron chi connectivity index (χ1n) is 7.18. The van der Waals surface area contributed by atoms with Crippen LogP contribution in [0.25, 0.3) is 11.1 Å². The molecule has 0 N–H and O–H groups in total. The summed E-state index contributed by atoms with van der Waals surface area (Å²) in [6, 6.07) is 13.4. The van der Waals surface area contributed by atoms with E-state index in [2.05, 4.69) is 0 Å². The number of ketones is 2. The van der Waals surface area contributed by atoms with Gasteiger partial charge in [-0.05, 0) is 22.8 Å². The predicted octanol–water partition coefficient (Wildman–Crippen LogP) is 4.06. The number of carbonyl (C=O) groups is 2. The van der Waals surface area contributed by atoms with Crippen molar-refractivity contribution in [2.24, 2.45) is 5.41 Å². The first kappa shape index (κ1) is 13.7. The molecule has 0 bridgehead atoms. The number of fused-ring (bicyclic) bond motifs is 3. The van der Waals surface area contributed by atoms with Crippen LogP contribution in [-0.4, -0.2) is 11.6 Å². The van der Waals surface area contributed by atoms with Crippen molar-refractivity contribution in [3.63, 3.8) is 0 Å². The van der Waals surface area contributed by atoms with E-state index in [9.17, 15) is 9.59 Å². The van der Waals surface area contributed by atoms with Crippen molar-refractivity contribution in [1.29, 1.82) is 0 Å². The monoisotopic (exact) mass is 278 g/mol. The molecule has 0 aliphatic heterocycles. The number of Topliss-reactive ketones (excluding diaryl/α,β-unsaturated/α-hetero) is 1. The molecule has 0 saturated heterocycles. The summed E-state index contributed by atoms with van der Waals surface area (Å²) < 4.78 is 0. The molecule has 1 aliphatic rings. The molecule has 2 aromatic carbocycles. The van der Waals surface area contributed by atoms with Gasteiger partial charge in [-0.15, -0.1) is 0 Å². The lowest BCUT2D eigenvalue weighted by molar-refractivity contribution is -0.125. The SMILES string of the molecule is CC(C)(C)C(=O)Cc1ccc2c(c1)C(=O)c1ccccc1-2. The molecule has 0 amide bonds. The van der Waals surface area contributed by atoms with Gasteiger partial charge in [-0.2, -0.15) is 0 Å². The summed E-state index contributed by atoms with van der Waals surface area (Å²) >= 11 is 0. The normalized spacial score (nSPS) is 13.0. The first-order valence-corrected chi connectivity index (χ1v) is 7.18. The van der Waals surface area contributed by atoms with Crippen molar-refractivity contribution in [1.82, 2.24) is 0 Å².